The number of nitrogens with zero attached hydrogens (tertiary/aromatic N) is 3. The minimum Gasteiger partial charge on any atom is -0.494 e. The van der Waals surface area contributed by atoms with Gasteiger partial charge in [-0.25, -0.2) is 0 Å². The van der Waals surface area contributed by atoms with Gasteiger partial charge in [0, 0.05) is 18.2 Å². The smallest absolute Gasteiger partial charge is 0.241 e. The van der Waals surface area contributed by atoms with Gasteiger partial charge >= 0.3 is 0 Å². The molecule has 25 heavy (non-hydrogen) atoms. The van der Waals surface area contributed by atoms with Crippen LogP contribution in [0.3, 0.4) is 0 Å². The summed E-state index contributed by atoms with van der Waals surface area (Å²) in [6, 6.07) is 8.24. The van der Waals surface area contributed by atoms with Gasteiger partial charge in [-0.3, -0.25) is 4.90 Å². The van der Waals surface area contributed by atoms with Gasteiger partial charge in [0.25, 0.3) is 0 Å². The van der Waals surface area contributed by atoms with Crippen LogP contribution in [0.15, 0.2) is 28.8 Å². The Morgan fingerprint density at radius 2 is 1.92 bits per heavy atom. The third kappa shape index (κ3) is 4.58. The van der Waals surface area contributed by atoms with Crippen molar-refractivity contribution in [3.63, 3.8) is 0 Å². The van der Waals surface area contributed by atoms with E-state index in [0.717, 1.165) is 37.0 Å². The van der Waals surface area contributed by atoms with Crippen molar-refractivity contribution in [3.05, 3.63) is 30.2 Å². The average Bonchev–Trinajstić information content (AvgIpc) is 3.11. The number of hydrogen-bond acceptors (Lipinski definition) is 6. The first kappa shape index (κ1) is 17.9. The van der Waals surface area contributed by atoms with Crippen molar-refractivity contribution in [2.45, 2.75) is 45.2 Å². The molecule has 6 heteroatoms. The molecular formula is C19H27N3O3. The largest absolute Gasteiger partial charge is 0.494 e. The fraction of sp³-hybridized carbons (Fsp3) is 0.579. The first-order chi connectivity index (χ1) is 12.2. The molecule has 0 amide bonds. The Morgan fingerprint density at radius 1 is 1.20 bits per heavy atom. The predicted molar refractivity (Wildman–Crippen MR) is 95.2 cm³/mol. The topological polar surface area (TPSA) is 71.6 Å². The summed E-state index contributed by atoms with van der Waals surface area (Å²) in [7, 11) is 2.10. The lowest BCUT2D eigenvalue weighted by atomic mass is 9.86. The van der Waals surface area contributed by atoms with Crippen molar-refractivity contribution in [1.29, 1.82) is 0 Å². The third-order valence-electron chi connectivity index (χ3n) is 4.97. The molecule has 0 radical (unpaired) electrons. The van der Waals surface area contributed by atoms with Crippen LogP contribution in [0.25, 0.3) is 11.4 Å². The summed E-state index contributed by atoms with van der Waals surface area (Å²) in [4.78, 5) is 6.80. The van der Waals surface area contributed by atoms with Crippen LogP contribution in [0.4, 0.5) is 0 Å². The van der Waals surface area contributed by atoms with Crippen LogP contribution in [-0.4, -0.2) is 46.5 Å². The van der Waals surface area contributed by atoms with E-state index in [-0.39, 0.29) is 0 Å². The molecule has 136 valence electrons. The summed E-state index contributed by atoms with van der Waals surface area (Å²) < 4.78 is 10.9. The summed E-state index contributed by atoms with van der Waals surface area (Å²) >= 11 is 0. The van der Waals surface area contributed by atoms with E-state index in [0.29, 0.717) is 43.4 Å². The van der Waals surface area contributed by atoms with E-state index in [1.165, 1.54) is 0 Å². The van der Waals surface area contributed by atoms with Crippen LogP contribution in [0.5, 0.6) is 5.75 Å². The second-order valence-corrected chi connectivity index (χ2v) is 6.74. The van der Waals surface area contributed by atoms with Crippen LogP contribution in [0.1, 0.15) is 38.5 Å². The van der Waals surface area contributed by atoms with Gasteiger partial charge in [0.05, 0.1) is 13.2 Å². The quantitative estimate of drug-likeness (QED) is 0.831. The normalized spacial score (nSPS) is 20.8. The highest BCUT2D eigenvalue weighted by Gasteiger charge is 2.24. The number of aromatic nitrogens is 2. The molecule has 0 bridgehead atoms. The zero-order valence-corrected chi connectivity index (χ0v) is 15.0. The summed E-state index contributed by atoms with van der Waals surface area (Å²) in [5.74, 6) is 2.55. The molecule has 1 aromatic carbocycles. The summed E-state index contributed by atoms with van der Waals surface area (Å²) in [6.07, 6.45) is 4.41. The molecule has 6 nitrogen and oxygen atoms in total. The van der Waals surface area contributed by atoms with Crippen molar-refractivity contribution in [2.24, 2.45) is 5.92 Å². The van der Waals surface area contributed by atoms with Crippen molar-refractivity contribution < 1.29 is 14.4 Å². The molecule has 0 spiro atoms. The molecule has 0 saturated heterocycles. The zero-order valence-electron chi connectivity index (χ0n) is 15.0. The minimum atomic E-state index is 0.311. The van der Waals surface area contributed by atoms with Gasteiger partial charge in [-0.1, -0.05) is 5.16 Å². The Labute approximate surface area is 148 Å². The Hall–Kier alpha value is -1.92. The van der Waals surface area contributed by atoms with Gasteiger partial charge in [-0.05, 0) is 69.8 Å². The molecule has 1 heterocycles. The first-order valence-electron chi connectivity index (χ1n) is 9.06. The molecule has 3 rings (SSSR count). The van der Waals surface area contributed by atoms with Crippen molar-refractivity contribution in [3.8, 4) is 17.1 Å². The fourth-order valence-corrected chi connectivity index (χ4v) is 3.41. The minimum absolute atomic E-state index is 0.311. The lowest BCUT2D eigenvalue weighted by molar-refractivity contribution is 0.116. The monoisotopic (exact) mass is 345 g/mol. The Balaban J connectivity index is 1.58. The van der Waals surface area contributed by atoms with E-state index in [9.17, 15) is 5.11 Å². The van der Waals surface area contributed by atoms with E-state index < -0.39 is 0 Å². The molecule has 2 aromatic rings. The standard InChI is InChI=1S/C19H27N3O3/c1-3-24-17-10-6-15(7-11-17)19-20-18(25-21-19)12-22(2)16-8-4-14(13-23)5-9-16/h6-7,10-11,14,16,23H,3-5,8-9,12-13H2,1-2H3. The average molecular weight is 345 g/mol. The fourth-order valence-electron chi connectivity index (χ4n) is 3.41. The van der Waals surface area contributed by atoms with Crippen molar-refractivity contribution >= 4 is 0 Å². The lowest BCUT2D eigenvalue weighted by Crippen LogP contribution is -2.35. The zero-order chi connectivity index (χ0) is 17.6. The number of benzene rings is 1. The maximum atomic E-state index is 9.25. The maximum absolute atomic E-state index is 9.25. The highest BCUT2D eigenvalue weighted by atomic mass is 16.5. The summed E-state index contributed by atoms with van der Waals surface area (Å²) in [6.45, 7) is 3.58. The number of hydrogen-bond donors (Lipinski definition) is 1. The molecule has 1 fully saturated rings. The highest BCUT2D eigenvalue weighted by Crippen LogP contribution is 2.27. The number of aliphatic hydroxyl groups excluding tert-OH is 1. The molecule has 1 aromatic heterocycles. The third-order valence-corrected chi connectivity index (χ3v) is 4.97. The van der Waals surface area contributed by atoms with E-state index in [1.54, 1.807) is 0 Å². The molecule has 1 aliphatic carbocycles. The molecule has 0 unspecified atom stereocenters. The van der Waals surface area contributed by atoms with E-state index >= 15 is 0 Å². The summed E-state index contributed by atoms with van der Waals surface area (Å²) in [5, 5.41) is 13.4. The number of ether oxygens (including phenoxy) is 1. The van der Waals surface area contributed by atoms with Crippen molar-refractivity contribution in [1.82, 2.24) is 15.0 Å². The Bertz CT molecular complexity index is 648. The molecule has 1 N–H and O–H groups in total. The second-order valence-electron chi connectivity index (χ2n) is 6.74. The van der Waals surface area contributed by atoms with Crippen molar-refractivity contribution in [2.75, 3.05) is 20.3 Å². The predicted octanol–water partition coefficient (Wildman–Crippen LogP) is 3.12. The Kier molecular flexibility index (Phi) is 6.04. The molecule has 1 aliphatic rings. The van der Waals surface area contributed by atoms with Gasteiger partial charge in [-0.15, -0.1) is 0 Å². The number of rotatable bonds is 7. The van der Waals surface area contributed by atoms with Gasteiger partial charge in [0.2, 0.25) is 11.7 Å². The van der Waals surface area contributed by atoms with E-state index in [1.807, 2.05) is 31.2 Å². The molecule has 1 saturated carbocycles. The van der Waals surface area contributed by atoms with E-state index in [4.69, 9.17) is 9.26 Å². The van der Waals surface area contributed by atoms with Crippen LogP contribution in [-0.2, 0) is 6.54 Å². The molecule has 0 atom stereocenters. The van der Waals surface area contributed by atoms with Gasteiger partial charge in [-0.2, -0.15) is 4.98 Å². The first-order valence-corrected chi connectivity index (χ1v) is 9.06. The SMILES string of the molecule is CCOc1ccc(-c2noc(CN(C)C3CCC(CO)CC3)n2)cc1. The van der Waals surface area contributed by atoms with Crippen LogP contribution < -0.4 is 4.74 Å². The second kappa shape index (κ2) is 8.45. The summed E-state index contributed by atoms with van der Waals surface area (Å²) in [5.41, 5.74) is 0.921. The lowest BCUT2D eigenvalue weighted by Gasteiger charge is -2.33. The van der Waals surface area contributed by atoms with Crippen LogP contribution in [0, 0.1) is 5.92 Å². The molecular weight excluding hydrogens is 318 g/mol. The Morgan fingerprint density at radius 3 is 2.56 bits per heavy atom. The van der Waals surface area contributed by atoms with Crippen LogP contribution in [0.2, 0.25) is 0 Å². The van der Waals surface area contributed by atoms with E-state index in [2.05, 4.69) is 22.1 Å². The maximum Gasteiger partial charge on any atom is 0.241 e. The highest BCUT2D eigenvalue weighted by molar-refractivity contribution is 5.55. The molecule has 0 aliphatic heterocycles. The number of aliphatic hydroxyl groups is 1. The van der Waals surface area contributed by atoms with Gasteiger partial charge in [0.15, 0.2) is 0 Å². The van der Waals surface area contributed by atoms with Gasteiger partial charge < -0.3 is 14.4 Å². The van der Waals surface area contributed by atoms with Crippen LogP contribution >= 0.6 is 0 Å². The van der Waals surface area contributed by atoms with Gasteiger partial charge in [0.1, 0.15) is 5.75 Å².